The highest BCUT2D eigenvalue weighted by molar-refractivity contribution is 6.29. The lowest BCUT2D eigenvalue weighted by Gasteiger charge is -2.39. The summed E-state index contributed by atoms with van der Waals surface area (Å²) in [5.74, 6) is 1.48. The first-order valence-electron chi connectivity index (χ1n) is 6.72. The zero-order valence-electron chi connectivity index (χ0n) is 10.8. The molecule has 18 heavy (non-hydrogen) atoms. The highest BCUT2D eigenvalue weighted by Crippen LogP contribution is 2.30. The van der Waals surface area contributed by atoms with Crippen molar-refractivity contribution in [2.75, 3.05) is 18.0 Å². The number of nitrogens with two attached hydrogens (primary N) is 1. The maximum absolute atomic E-state index is 5.90. The molecule has 1 aromatic heterocycles. The average molecular weight is 269 g/mol. The normalized spacial score (nSPS) is 23.9. The number of hydrogen-bond donors (Lipinski definition) is 1. The summed E-state index contributed by atoms with van der Waals surface area (Å²) < 4.78 is 0. The Balaban J connectivity index is 2.18. The van der Waals surface area contributed by atoms with E-state index < -0.39 is 0 Å². The van der Waals surface area contributed by atoms with Crippen LogP contribution >= 0.6 is 11.6 Å². The molecule has 0 spiro atoms. The van der Waals surface area contributed by atoms with Gasteiger partial charge in [0.2, 0.25) is 0 Å². The quantitative estimate of drug-likeness (QED) is 0.912. The van der Waals surface area contributed by atoms with Gasteiger partial charge in [-0.1, -0.05) is 24.4 Å². The van der Waals surface area contributed by atoms with Gasteiger partial charge >= 0.3 is 0 Å². The second kappa shape index (κ2) is 6.34. The van der Waals surface area contributed by atoms with Crippen molar-refractivity contribution in [1.29, 1.82) is 0 Å². The summed E-state index contributed by atoms with van der Waals surface area (Å²) in [6.07, 6.45) is 4.99. The predicted molar refractivity (Wildman–Crippen MR) is 74.9 cm³/mol. The first-order valence-corrected chi connectivity index (χ1v) is 7.10. The molecule has 0 aromatic carbocycles. The molecule has 1 aromatic rings. The maximum atomic E-state index is 5.90. The van der Waals surface area contributed by atoms with Crippen LogP contribution in [0.1, 0.15) is 32.6 Å². The van der Waals surface area contributed by atoms with E-state index in [1.165, 1.54) is 25.7 Å². The molecule has 2 N–H and O–H groups in total. The van der Waals surface area contributed by atoms with Crippen molar-refractivity contribution in [2.24, 2.45) is 11.7 Å². The summed E-state index contributed by atoms with van der Waals surface area (Å²) in [7, 11) is 0. The van der Waals surface area contributed by atoms with E-state index in [-0.39, 0.29) is 0 Å². The molecule has 1 aliphatic carbocycles. The van der Waals surface area contributed by atoms with Gasteiger partial charge in [0.05, 0.1) is 0 Å². The highest BCUT2D eigenvalue weighted by atomic mass is 35.5. The number of anilines is 1. The first-order chi connectivity index (χ1) is 8.76. The molecule has 0 bridgehead atoms. The number of hydrogen-bond acceptors (Lipinski definition) is 4. The lowest BCUT2D eigenvalue weighted by atomic mass is 9.83. The van der Waals surface area contributed by atoms with Crippen LogP contribution in [0.4, 0.5) is 5.82 Å². The molecule has 1 fully saturated rings. The van der Waals surface area contributed by atoms with Gasteiger partial charge in [0, 0.05) is 12.6 Å². The summed E-state index contributed by atoms with van der Waals surface area (Å²) in [6, 6.07) is 4.23. The minimum atomic E-state index is 0.439. The van der Waals surface area contributed by atoms with Crippen LogP contribution in [0, 0.1) is 5.92 Å². The average Bonchev–Trinajstić information content (AvgIpc) is 2.42. The van der Waals surface area contributed by atoms with E-state index in [0.717, 1.165) is 18.9 Å². The van der Waals surface area contributed by atoms with Gasteiger partial charge in [0.25, 0.3) is 0 Å². The van der Waals surface area contributed by atoms with Crippen molar-refractivity contribution < 1.29 is 0 Å². The predicted octanol–water partition coefficient (Wildman–Crippen LogP) is 2.47. The number of nitrogens with zero attached hydrogens (tertiary/aromatic N) is 3. The minimum absolute atomic E-state index is 0.439. The first kappa shape index (κ1) is 13.6. The zero-order valence-corrected chi connectivity index (χ0v) is 11.6. The summed E-state index contributed by atoms with van der Waals surface area (Å²) >= 11 is 5.79. The van der Waals surface area contributed by atoms with E-state index in [4.69, 9.17) is 17.3 Å². The second-order valence-electron chi connectivity index (χ2n) is 4.85. The van der Waals surface area contributed by atoms with Crippen LogP contribution in [-0.4, -0.2) is 29.3 Å². The smallest absolute Gasteiger partial charge is 0.151 e. The summed E-state index contributed by atoms with van der Waals surface area (Å²) in [6.45, 7) is 3.83. The van der Waals surface area contributed by atoms with Crippen LogP contribution < -0.4 is 10.6 Å². The lowest BCUT2D eigenvalue weighted by molar-refractivity contribution is 0.299. The van der Waals surface area contributed by atoms with Gasteiger partial charge in [-0.3, -0.25) is 0 Å². The van der Waals surface area contributed by atoms with Crippen molar-refractivity contribution in [3.8, 4) is 0 Å². The molecule has 2 atom stereocenters. The molecule has 2 rings (SSSR count). The molecule has 0 radical (unpaired) electrons. The Morgan fingerprint density at radius 2 is 2.11 bits per heavy atom. The number of aromatic nitrogens is 2. The van der Waals surface area contributed by atoms with Gasteiger partial charge in [-0.15, -0.1) is 10.2 Å². The molecule has 4 nitrogen and oxygen atoms in total. The van der Waals surface area contributed by atoms with Crippen molar-refractivity contribution >= 4 is 17.4 Å². The van der Waals surface area contributed by atoms with E-state index in [1.54, 1.807) is 6.07 Å². The largest absolute Gasteiger partial charge is 0.352 e. The van der Waals surface area contributed by atoms with Crippen molar-refractivity contribution in [2.45, 2.75) is 38.6 Å². The van der Waals surface area contributed by atoms with Crippen LogP contribution in [0.15, 0.2) is 12.1 Å². The Hall–Kier alpha value is -0.870. The molecular formula is C13H21ClN4. The van der Waals surface area contributed by atoms with Crippen LogP contribution in [0.2, 0.25) is 5.15 Å². The topological polar surface area (TPSA) is 55.0 Å². The Kier molecular flexibility index (Phi) is 4.78. The maximum Gasteiger partial charge on any atom is 0.151 e. The Morgan fingerprint density at radius 3 is 2.72 bits per heavy atom. The van der Waals surface area contributed by atoms with E-state index in [9.17, 15) is 0 Å². The van der Waals surface area contributed by atoms with Gasteiger partial charge in [-0.2, -0.15) is 0 Å². The van der Waals surface area contributed by atoms with Gasteiger partial charge in [-0.05, 0) is 44.4 Å². The van der Waals surface area contributed by atoms with Crippen molar-refractivity contribution in [3.63, 3.8) is 0 Å². The van der Waals surface area contributed by atoms with E-state index in [2.05, 4.69) is 22.0 Å². The van der Waals surface area contributed by atoms with E-state index in [0.29, 0.717) is 17.1 Å². The molecule has 2 unspecified atom stereocenters. The van der Waals surface area contributed by atoms with Crippen LogP contribution in [-0.2, 0) is 0 Å². The lowest BCUT2D eigenvalue weighted by Crippen LogP contribution is -2.45. The molecule has 0 amide bonds. The Bertz CT molecular complexity index is 368. The molecule has 1 heterocycles. The monoisotopic (exact) mass is 268 g/mol. The summed E-state index contributed by atoms with van der Waals surface area (Å²) in [5, 5.41) is 8.57. The molecule has 0 aliphatic heterocycles. The van der Waals surface area contributed by atoms with Crippen molar-refractivity contribution in [3.05, 3.63) is 17.3 Å². The van der Waals surface area contributed by atoms with Crippen LogP contribution in [0.5, 0.6) is 0 Å². The van der Waals surface area contributed by atoms with E-state index >= 15 is 0 Å². The number of rotatable bonds is 4. The van der Waals surface area contributed by atoms with Gasteiger partial charge in [0.15, 0.2) is 11.0 Å². The van der Waals surface area contributed by atoms with Crippen molar-refractivity contribution in [1.82, 2.24) is 10.2 Å². The molecule has 100 valence electrons. The standard InChI is InChI=1S/C13H21ClN4/c1-2-18(13-8-7-12(14)16-17-13)11-6-4-3-5-10(11)9-15/h7-8,10-11H,2-6,9,15H2,1H3. The Labute approximate surface area is 114 Å². The van der Waals surface area contributed by atoms with Crippen LogP contribution in [0.25, 0.3) is 0 Å². The fourth-order valence-corrected chi connectivity index (χ4v) is 3.00. The summed E-state index contributed by atoms with van der Waals surface area (Å²) in [5.41, 5.74) is 5.90. The third kappa shape index (κ3) is 2.93. The minimum Gasteiger partial charge on any atom is -0.352 e. The zero-order chi connectivity index (χ0) is 13.0. The third-order valence-corrected chi connectivity index (χ3v) is 4.03. The van der Waals surface area contributed by atoms with Gasteiger partial charge in [0.1, 0.15) is 0 Å². The SMILES string of the molecule is CCN(c1ccc(Cl)nn1)C1CCCCC1CN. The molecule has 5 heteroatoms. The molecule has 1 saturated carbocycles. The third-order valence-electron chi connectivity index (χ3n) is 3.82. The Morgan fingerprint density at radius 1 is 1.33 bits per heavy atom. The van der Waals surface area contributed by atoms with Gasteiger partial charge < -0.3 is 10.6 Å². The number of halogens is 1. The molecule has 0 saturated heterocycles. The summed E-state index contributed by atoms with van der Waals surface area (Å²) in [4.78, 5) is 2.32. The highest BCUT2D eigenvalue weighted by Gasteiger charge is 2.29. The molecular weight excluding hydrogens is 248 g/mol. The van der Waals surface area contributed by atoms with Gasteiger partial charge in [-0.25, -0.2) is 0 Å². The fourth-order valence-electron chi connectivity index (χ4n) is 2.90. The fraction of sp³-hybridized carbons (Fsp3) is 0.692. The van der Waals surface area contributed by atoms with E-state index in [1.807, 2.05) is 6.07 Å². The molecule has 1 aliphatic rings. The second-order valence-corrected chi connectivity index (χ2v) is 5.24. The van der Waals surface area contributed by atoms with Crippen LogP contribution in [0.3, 0.4) is 0 Å².